The summed E-state index contributed by atoms with van der Waals surface area (Å²) in [5.74, 6) is -0.542. The quantitative estimate of drug-likeness (QED) is 0.601. The molecule has 0 spiro atoms. The van der Waals surface area contributed by atoms with Crippen molar-refractivity contribution in [2.24, 2.45) is 5.73 Å². The van der Waals surface area contributed by atoms with E-state index in [1.807, 2.05) is 0 Å². The van der Waals surface area contributed by atoms with Crippen LogP contribution in [0.1, 0.15) is 6.92 Å². The SMILES string of the molecule is CC(F)C(=O)CN.Cl. The van der Waals surface area contributed by atoms with Crippen molar-refractivity contribution in [1.29, 1.82) is 0 Å². The van der Waals surface area contributed by atoms with Gasteiger partial charge in [0.25, 0.3) is 0 Å². The molecular formula is C4H9ClFNO. The van der Waals surface area contributed by atoms with E-state index in [0.717, 1.165) is 0 Å². The molecule has 2 N–H and O–H groups in total. The number of alkyl halides is 1. The molecule has 0 saturated carbocycles. The minimum atomic E-state index is -1.40. The van der Waals surface area contributed by atoms with Gasteiger partial charge in [0, 0.05) is 0 Å². The van der Waals surface area contributed by atoms with Crippen LogP contribution in [0, 0.1) is 0 Å². The Hall–Kier alpha value is -0.150. The molecule has 0 radical (unpaired) electrons. The van der Waals surface area contributed by atoms with Crippen molar-refractivity contribution in [2.75, 3.05) is 6.54 Å². The van der Waals surface area contributed by atoms with Crippen molar-refractivity contribution >= 4 is 18.2 Å². The minimum absolute atomic E-state index is 0. The molecule has 2 nitrogen and oxygen atoms in total. The molecule has 0 aromatic heterocycles. The first-order valence-corrected chi connectivity index (χ1v) is 2.05. The Morgan fingerprint density at radius 2 is 2.25 bits per heavy atom. The molecular weight excluding hydrogens is 133 g/mol. The number of hydrogen-bond acceptors (Lipinski definition) is 2. The first-order valence-electron chi connectivity index (χ1n) is 2.05. The van der Waals surface area contributed by atoms with Crippen LogP contribution < -0.4 is 5.73 Å². The van der Waals surface area contributed by atoms with E-state index in [0.29, 0.717) is 0 Å². The molecule has 0 aliphatic heterocycles. The number of nitrogens with two attached hydrogens (primary N) is 1. The average Bonchev–Trinajstić information content (AvgIpc) is 1.65. The van der Waals surface area contributed by atoms with Gasteiger partial charge in [-0.1, -0.05) is 0 Å². The van der Waals surface area contributed by atoms with Crippen LogP contribution in [0.5, 0.6) is 0 Å². The topological polar surface area (TPSA) is 43.1 Å². The van der Waals surface area contributed by atoms with E-state index < -0.39 is 12.0 Å². The molecule has 4 heteroatoms. The third-order valence-electron chi connectivity index (χ3n) is 0.645. The van der Waals surface area contributed by atoms with E-state index in [-0.39, 0.29) is 19.0 Å². The van der Waals surface area contributed by atoms with Gasteiger partial charge in [-0.3, -0.25) is 4.79 Å². The Balaban J connectivity index is 0. The molecule has 0 saturated heterocycles. The maximum atomic E-state index is 11.7. The van der Waals surface area contributed by atoms with E-state index in [2.05, 4.69) is 0 Å². The Labute approximate surface area is 53.7 Å². The second-order valence-electron chi connectivity index (χ2n) is 1.29. The van der Waals surface area contributed by atoms with Gasteiger partial charge in [-0.05, 0) is 6.92 Å². The van der Waals surface area contributed by atoms with Crippen LogP contribution in [0.4, 0.5) is 4.39 Å². The van der Waals surface area contributed by atoms with Crippen LogP contribution in [0.25, 0.3) is 0 Å². The van der Waals surface area contributed by atoms with Crippen LogP contribution in [0.15, 0.2) is 0 Å². The highest BCUT2D eigenvalue weighted by Crippen LogP contribution is 1.85. The van der Waals surface area contributed by atoms with Gasteiger partial charge in [0.15, 0.2) is 12.0 Å². The molecule has 0 rings (SSSR count). The zero-order valence-corrected chi connectivity index (χ0v) is 5.37. The summed E-state index contributed by atoms with van der Waals surface area (Å²) in [5.41, 5.74) is 4.78. The molecule has 0 heterocycles. The summed E-state index contributed by atoms with van der Waals surface area (Å²) >= 11 is 0. The molecule has 0 aliphatic carbocycles. The third kappa shape index (κ3) is 4.02. The molecule has 50 valence electrons. The summed E-state index contributed by atoms with van der Waals surface area (Å²) in [6.07, 6.45) is -1.40. The van der Waals surface area contributed by atoms with Crippen molar-refractivity contribution in [2.45, 2.75) is 13.1 Å². The maximum Gasteiger partial charge on any atom is 0.180 e. The molecule has 0 aromatic rings. The van der Waals surface area contributed by atoms with Gasteiger partial charge < -0.3 is 5.73 Å². The van der Waals surface area contributed by atoms with Crippen LogP contribution in [-0.2, 0) is 4.79 Å². The fraction of sp³-hybridized carbons (Fsp3) is 0.750. The van der Waals surface area contributed by atoms with Crippen LogP contribution in [-0.4, -0.2) is 18.5 Å². The highest BCUT2D eigenvalue weighted by atomic mass is 35.5. The van der Waals surface area contributed by atoms with Gasteiger partial charge >= 0.3 is 0 Å². The molecule has 1 atom stereocenters. The second kappa shape index (κ2) is 5.00. The Morgan fingerprint density at radius 3 is 2.25 bits per heavy atom. The molecule has 8 heavy (non-hydrogen) atoms. The van der Waals surface area contributed by atoms with Crippen LogP contribution in [0.3, 0.4) is 0 Å². The Morgan fingerprint density at radius 1 is 1.88 bits per heavy atom. The second-order valence-corrected chi connectivity index (χ2v) is 1.29. The van der Waals surface area contributed by atoms with E-state index in [4.69, 9.17) is 5.73 Å². The van der Waals surface area contributed by atoms with Gasteiger partial charge in [0.1, 0.15) is 0 Å². The van der Waals surface area contributed by atoms with Gasteiger partial charge in [-0.2, -0.15) is 0 Å². The lowest BCUT2D eigenvalue weighted by molar-refractivity contribution is -0.121. The van der Waals surface area contributed by atoms with E-state index in [1.54, 1.807) is 0 Å². The number of hydrogen-bond donors (Lipinski definition) is 1. The van der Waals surface area contributed by atoms with E-state index in [1.165, 1.54) is 6.92 Å². The predicted octanol–water partition coefficient (Wildman–Crippen LogP) is 0.294. The summed E-state index contributed by atoms with van der Waals surface area (Å²) in [5, 5.41) is 0. The molecule has 0 aromatic carbocycles. The minimum Gasteiger partial charge on any atom is -0.324 e. The third-order valence-corrected chi connectivity index (χ3v) is 0.645. The van der Waals surface area contributed by atoms with Crippen LogP contribution >= 0.6 is 12.4 Å². The fourth-order valence-electron chi connectivity index (χ4n) is 0.162. The summed E-state index contributed by atoms with van der Waals surface area (Å²) in [6.45, 7) is 0.979. The summed E-state index contributed by atoms with van der Waals surface area (Å²) in [7, 11) is 0. The van der Waals surface area contributed by atoms with Gasteiger partial charge in [0.05, 0.1) is 6.54 Å². The molecule has 0 fully saturated rings. The molecule has 0 aliphatic rings. The number of carbonyl (C=O) groups excluding carboxylic acids is 1. The predicted molar refractivity (Wildman–Crippen MR) is 31.9 cm³/mol. The Kier molecular flexibility index (Phi) is 6.72. The lowest BCUT2D eigenvalue weighted by Gasteiger charge is -1.92. The highest BCUT2D eigenvalue weighted by Gasteiger charge is 2.05. The van der Waals surface area contributed by atoms with Gasteiger partial charge in [0.2, 0.25) is 0 Å². The van der Waals surface area contributed by atoms with Crippen molar-refractivity contribution in [3.8, 4) is 0 Å². The fourth-order valence-corrected chi connectivity index (χ4v) is 0.162. The Bertz CT molecular complexity index is 76.4. The molecule has 0 bridgehead atoms. The normalized spacial score (nSPS) is 11.9. The summed E-state index contributed by atoms with van der Waals surface area (Å²) in [6, 6.07) is 0. The lowest BCUT2D eigenvalue weighted by Crippen LogP contribution is -2.21. The lowest BCUT2D eigenvalue weighted by atomic mass is 10.3. The number of halogens is 2. The number of carbonyl (C=O) groups is 1. The summed E-state index contributed by atoms with van der Waals surface area (Å²) < 4.78 is 11.7. The monoisotopic (exact) mass is 141 g/mol. The summed E-state index contributed by atoms with van der Waals surface area (Å²) in [4.78, 5) is 10.0. The number of Topliss-reactive ketones (excluding diaryl/α,β-unsaturated/α-hetero) is 1. The van der Waals surface area contributed by atoms with Crippen molar-refractivity contribution in [3.05, 3.63) is 0 Å². The van der Waals surface area contributed by atoms with Gasteiger partial charge in [-0.25, -0.2) is 4.39 Å². The van der Waals surface area contributed by atoms with Crippen molar-refractivity contribution < 1.29 is 9.18 Å². The first kappa shape index (κ1) is 10.8. The standard InChI is InChI=1S/C4H8FNO.ClH/c1-3(5)4(7)2-6;/h3H,2,6H2,1H3;1H. The zero-order chi connectivity index (χ0) is 5.86. The van der Waals surface area contributed by atoms with Crippen LogP contribution in [0.2, 0.25) is 0 Å². The van der Waals surface area contributed by atoms with Gasteiger partial charge in [-0.15, -0.1) is 12.4 Å². The van der Waals surface area contributed by atoms with Crippen molar-refractivity contribution in [3.63, 3.8) is 0 Å². The highest BCUT2D eigenvalue weighted by molar-refractivity contribution is 5.85. The average molecular weight is 142 g/mol. The maximum absolute atomic E-state index is 11.7. The number of rotatable bonds is 2. The largest absolute Gasteiger partial charge is 0.324 e. The number of ketones is 1. The smallest absolute Gasteiger partial charge is 0.180 e. The first-order chi connectivity index (χ1) is 3.18. The molecule has 0 amide bonds. The van der Waals surface area contributed by atoms with E-state index in [9.17, 15) is 9.18 Å². The van der Waals surface area contributed by atoms with Crippen molar-refractivity contribution in [1.82, 2.24) is 0 Å². The zero-order valence-electron chi connectivity index (χ0n) is 4.56. The van der Waals surface area contributed by atoms with E-state index >= 15 is 0 Å². The molecule has 1 unspecified atom stereocenters.